The fourth-order valence-electron chi connectivity index (χ4n) is 3.89. The summed E-state index contributed by atoms with van der Waals surface area (Å²) in [7, 11) is 0. The van der Waals surface area contributed by atoms with Crippen LogP contribution in [0.15, 0.2) is 42.5 Å². The number of halogens is 1. The topological polar surface area (TPSA) is 67.9 Å². The normalized spacial score (nSPS) is 14.3. The molecule has 0 atom stereocenters. The van der Waals surface area contributed by atoms with Crippen molar-refractivity contribution in [3.63, 3.8) is 0 Å². The second kappa shape index (κ2) is 12.2. The average Bonchev–Trinajstić information content (AvgIpc) is 2.85. The number of carbonyl (C=O) groups excluding carboxylic acids is 2. The van der Waals surface area contributed by atoms with Gasteiger partial charge in [0.25, 0.3) is 0 Å². The number of nitrogens with zero attached hydrogens (tertiary/aromatic N) is 1. The lowest BCUT2D eigenvalue weighted by Crippen LogP contribution is -2.42. The first-order valence-corrected chi connectivity index (χ1v) is 11.8. The molecule has 0 unspecified atom stereocenters. The number of aryl methyl sites for hydroxylation is 1. The molecule has 2 amide bonds. The van der Waals surface area contributed by atoms with Gasteiger partial charge in [-0.2, -0.15) is 0 Å². The minimum Gasteiger partial charge on any atom is -0.490 e. The number of carbonyl (C=O) groups is 2. The molecular formula is C27H33FN2O4. The van der Waals surface area contributed by atoms with Gasteiger partial charge in [0.1, 0.15) is 5.82 Å². The third kappa shape index (κ3) is 6.83. The molecule has 1 heterocycles. The maximum atomic E-state index is 13.7. The summed E-state index contributed by atoms with van der Waals surface area (Å²) in [4.78, 5) is 26.9. The summed E-state index contributed by atoms with van der Waals surface area (Å²) in [5.74, 6) is 0.774. The van der Waals surface area contributed by atoms with Crippen molar-refractivity contribution >= 4 is 17.9 Å². The Morgan fingerprint density at radius 2 is 1.76 bits per heavy atom. The van der Waals surface area contributed by atoms with Crippen molar-refractivity contribution in [3.05, 3.63) is 65.0 Å². The summed E-state index contributed by atoms with van der Waals surface area (Å²) in [6.45, 7) is 7.95. The van der Waals surface area contributed by atoms with Gasteiger partial charge in [-0.15, -0.1) is 0 Å². The fourth-order valence-corrected chi connectivity index (χ4v) is 3.89. The van der Waals surface area contributed by atoms with E-state index in [1.165, 1.54) is 6.07 Å². The molecular weight excluding hydrogens is 435 g/mol. The van der Waals surface area contributed by atoms with Crippen LogP contribution in [0.2, 0.25) is 0 Å². The van der Waals surface area contributed by atoms with Crippen LogP contribution in [0, 0.1) is 18.7 Å². The highest BCUT2D eigenvalue weighted by Gasteiger charge is 2.26. The first-order valence-electron chi connectivity index (χ1n) is 11.8. The van der Waals surface area contributed by atoms with E-state index >= 15 is 0 Å². The van der Waals surface area contributed by atoms with Crippen LogP contribution < -0.4 is 14.8 Å². The van der Waals surface area contributed by atoms with E-state index in [9.17, 15) is 14.0 Å². The molecule has 182 valence electrons. The van der Waals surface area contributed by atoms with Gasteiger partial charge in [0, 0.05) is 31.6 Å². The van der Waals surface area contributed by atoms with E-state index in [1.807, 2.05) is 38.1 Å². The van der Waals surface area contributed by atoms with E-state index in [0.717, 1.165) is 11.1 Å². The number of amides is 2. The average molecular weight is 469 g/mol. The molecule has 1 fully saturated rings. The van der Waals surface area contributed by atoms with E-state index in [4.69, 9.17) is 9.47 Å². The molecule has 34 heavy (non-hydrogen) atoms. The van der Waals surface area contributed by atoms with Crippen LogP contribution in [-0.4, -0.2) is 43.0 Å². The van der Waals surface area contributed by atoms with Crippen molar-refractivity contribution in [2.45, 2.75) is 40.2 Å². The predicted molar refractivity (Wildman–Crippen MR) is 130 cm³/mol. The Balaban J connectivity index is 1.49. The highest BCUT2D eigenvalue weighted by atomic mass is 19.1. The molecule has 0 aliphatic carbocycles. The fraction of sp³-hybridized carbons (Fsp3) is 0.407. The Bertz CT molecular complexity index is 1030. The lowest BCUT2D eigenvalue weighted by atomic mass is 9.95. The molecule has 7 heteroatoms. The van der Waals surface area contributed by atoms with Crippen molar-refractivity contribution in [1.29, 1.82) is 0 Å². The molecule has 1 N–H and O–H groups in total. The van der Waals surface area contributed by atoms with Gasteiger partial charge in [0.05, 0.1) is 13.2 Å². The molecule has 0 spiro atoms. The summed E-state index contributed by atoms with van der Waals surface area (Å²) in [6.07, 6.45) is 4.52. The van der Waals surface area contributed by atoms with E-state index in [0.29, 0.717) is 62.8 Å². The number of piperidine rings is 1. The Labute approximate surface area is 200 Å². The Hall–Kier alpha value is -3.35. The summed E-state index contributed by atoms with van der Waals surface area (Å²) in [5, 5.41) is 2.89. The van der Waals surface area contributed by atoms with Crippen LogP contribution >= 0.6 is 0 Å². The van der Waals surface area contributed by atoms with Crippen LogP contribution in [0.1, 0.15) is 43.4 Å². The number of ether oxygens (including phenoxy) is 2. The molecule has 1 saturated heterocycles. The van der Waals surface area contributed by atoms with Crippen molar-refractivity contribution in [3.8, 4) is 11.5 Å². The summed E-state index contributed by atoms with van der Waals surface area (Å²) in [5.41, 5.74) is 2.16. The first-order chi connectivity index (χ1) is 16.4. The smallest absolute Gasteiger partial charge is 0.246 e. The summed E-state index contributed by atoms with van der Waals surface area (Å²) >= 11 is 0. The molecule has 0 saturated carbocycles. The minimum atomic E-state index is -0.272. The van der Waals surface area contributed by atoms with Crippen LogP contribution in [0.3, 0.4) is 0 Å². The number of hydrogen-bond donors (Lipinski definition) is 1. The van der Waals surface area contributed by atoms with Gasteiger partial charge in [0.2, 0.25) is 11.8 Å². The van der Waals surface area contributed by atoms with E-state index in [2.05, 4.69) is 5.32 Å². The minimum absolute atomic E-state index is 0.0542. The van der Waals surface area contributed by atoms with Gasteiger partial charge < -0.3 is 19.7 Å². The monoisotopic (exact) mass is 468 g/mol. The lowest BCUT2D eigenvalue weighted by molar-refractivity contribution is -0.132. The highest BCUT2D eigenvalue weighted by molar-refractivity contribution is 5.92. The molecule has 1 aliphatic rings. The Morgan fingerprint density at radius 1 is 1.06 bits per heavy atom. The molecule has 6 nitrogen and oxygen atoms in total. The second-order valence-electron chi connectivity index (χ2n) is 8.31. The summed E-state index contributed by atoms with van der Waals surface area (Å²) < 4.78 is 24.9. The third-order valence-corrected chi connectivity index (χ3v) is 5.87. The van der Waals surface area contributed by atoms with Crippen LogP contribution in [0.5, 0.6) is 11.5 Å². The zero-order valence-corrected chi connectivity index (χ0v) is 20.1. The molecule has 2 aromatic rings. The molecule has 0 radical (unpaired) electrons. The van der Waals surface area contributed by atoms with Crippen molar-refractivity contribution in [2.24, 2.45) is 5.92 Å². The van der Waals surface area contributed by atoms with Crippen molar-refractivity contribution < 1.29 is 23.5 Å². The third-order valence-electron chi connectivity index (χ3n) is 5.87. The van der Waals surface area contributed by atoms with Crippen molar-refractivity contribution in [2.75, 3.05) is 26.3 Å². The quantitative estimate of drug-likeness (QED) is 0.551. The Kier molecular flexibility index (Phi) is 9.08. The first kappa shape index (κ1) is 25.3. The largest absolute Gasteiger partial charge is 0.490 e. The highest BCUT2D eigenvalue weighted by Crippen LogP contribution is 2.29. The van der Waals surface area contributed by atoms with Gasteiger partial charge in [-0.1, -0.05) is 18.2 Å². The van der Waals surface area contributed by atoms with Crippen LogP contribution in [0.4, 0.5) is 4.39 Å². The van der Waals surface area contributed by atoms with Crippen LogP contribution in [-0.2, 0) is 16.1 Å². The van der Waals surface area contributed by atoms with E-state index in [1.54, 1.807) is 30.0 Å². The standard InChI is InChI=1S/C27H33FN2O4/c1-4-33-24-10-8-20(17-25(24)34-5-2)9-11-26(31)30-14-12-22(13-15-30)27(32)29-18-21-7-6-19(3)23(28)16-21/h6-11,16-17,22H,4-5,12-15,18H2,1-3H3,(H,29,32). The van der Waals surface area contributed by atoms with Gasteiger partial charge in [-0.3, -0.25) is 9.59 Å². The molecule has 2 aromatic carbocycles. The van der Waals surface area contributed by atoms with Crippen LogP contribution in [0.25, 0.3) is 6.08 Å². The number of benzene rings is 2. The zero-order chi connectivity index (χ0) is 24.5. The van der Waals surface area contributed by atoms with Gasteiger partial charge in [-0.25, -0.2) is 4.39 Å². The number of rotatable bonds is 9. The summed E-state index contributed by atoms with van der Waals surface area (Å²) in [6, 6.07) is 10.6. The molecule has 1 aliphatic heterocycles. The van der Waals surface area contributed by atoms with Gasteiger partial charge in [-0.05, 0) is 74.6 Å². The maximum absolute atomic E-state index is 13.7. The predicted octanol–water partition coefficient (Wildman–Crippen LogP) is 4.50. The molecule has 3 rings (SSSR count). The number of nitrogens with one attached hydrogen (secondary N) is 1. The van der Waals surface area contributed by atoms with Gasteiger partial charge in [0.15, 0.2) is 11.5 Å². The molecule has 0 bridgehead atoms. The SMILES string of the molecule is CCOc1ccc(C=CC(=O)N2CCC(C(=O)NCc3ccc(C)c(F)c3)CC2)cc1OCC. The number of likely N-dealkylation sites (tertiary alicyclic amines) is 1. The molecule has 0 aromatic heterocycles. The van der Waals surface area contributed by atoms with Gasteiger partial charge >= 0.3 is 0 Å². The van der Waals surface area contributed by atoms with E-state index < -0.39 is 0 Å². The zero-order valence-electron chi connectivity index (χ0n) is 20.1. The lowest BCUT2D eigenvalue weighted by Gasteiger charge is -2.30. The second-order valence-corrected chi connectivity index (χ2v) is 8.31. The van der Waals surface area contributed by atoms with E-state index in [-0.39, 0.29) is 23.5 Å². The number of hydrogen-bond acceptors (Lipinski definition) is 4. The Morgan fingerprint density at radius 3 is 2.44 bits per heavy atom. The van der Waals surface area contributed by atoms with Crippen molar-refractivity contribution in [1.82, 2.24) is 10.2 Å². The maximum Gasteiger partial charge on any atom is 0.246 e.